The Labute approximate surface area is 80.0 Å². The summed E-state index contributed by atoms with van der Waals surface area (Å²) < 4.78 is 0. The van der Waals surface area contributed by atoms with E-state index in [1.54, 1.807) is 0 Å². The average Bonchev–Trinajstić information content (AvgIpc) is 2.10. The second-order valence-electron chi connectivity index (χ2n) is 3.62. The molecule has 0 aliphatic heterocycles. The van der Waals surface area contributed by atoms with Crippen molar-refractivity contribution in [3.8, 4) is 0 Å². The lowest BCUT2D eigenvalue weighted by Gasteiger charge is -1.99. The molecule has 0 aliphatic carbocycles. The summed E-state index contributed by atoms with van der Waals surface area (Å²) in [5.74, 6) is 0. The van der Waals surface area contributed by atoms with Gasteiger partial charge in [0.2, 0.25) is 0 Å². The Kier molecular flexibility index (Phi) is 11.3. The lowest BCUT2D eigenvalue weighted by Crippen LogP contribution is -2.02. The van der Waals surface area contributed by atoms with E-state index in [2.05, 4.69) is 6.92 Å². The van der Waals surface area contributed by atoms with Gasteiger partial charge in [0.1, 0.15) is 0 Å². The fourth-order valence-electron chi connectivity index (χ4n) is 1.45. The third-order valence-corrected chi connectivity index (χ3v) is 3.22. The normalized spacial score (nSPS) is 11.5. The van der Waals surface area contributed by atoms with E-state index in [9.17, 15) is 0 Å². The van der Waals surface area contributed by atoms with Gasteiger partial charge in [-0.2, -0.15) is 0 Å². The molecule has 0 unspecified atom stereocenters. The summed E-state index contributed by atoms with van der Waals surface area (Å²) in [6, 6.07) is 1.36. The zero-order valence-electron chi connectivity index (χ0n) is 8.65. The van der Waals surface area contributed by atoms with Crippen molar-refractivity contribution in [3.05, 3.63) is 0 Å². The first kappa shape index (κ1) is 12.2. The van der Waals surface area contributed by atoms with E-state index in [1.165, 1.54) is 57.4 Å². The molecule has 74 valence electrons. The number of unbranched alkanes of at least 4 members (excludes halogenated alkanes) is 7. The minimum absolute atomic E-state index is 0.134. The summed E-state index contributed by atoms with van der Waals surface area (Å²) in [5.41, 5.74) is 0. The number of hydrogen-bond acceptors (Lipinski definition) is 1. The van der Waals surface area contributed by atoms with E-state index in [0.717, 1.165) is 0 Å². The van der Waals surface area contributed by atoms with E-state index in [4.69, 9.17) is 5.40 Å². The molecular weight excluding hydrogens is 162 g/mol. The van der Waals surface area contributed by atoms with E-state index >= 15 is 0 Å². The van der Waals surface area contributed by atoms with Gasteiger partial charge in [0.25, 0.3) is 0 Å². The maximum absolute atomic E-state index is 5.55. The highest BCUT2D eigenvalue weighted by Crippen LogP contribution is 2.08. The van der Waals surface area contributed by atoms with Crippen LogP contribution in [-0.2, 0) is 0 Å². The van der Waals surface area contributed by atoms with Gasteiger partial charge in [-0.15, -0.1) is 0 Å². The minimum Gasteiger partial charge on any atom is -0.356 e. The van der Waals surface area contributed by atoms with E-state index < -0.39 is 0 Å². The lowest BCUT2D eigenvalue weighted by molar-refractivity contribution is 0.585. The monoisotopic (exact) mass is 187 g/mol. The quantitative estimate of drug-likeness (QED) is 0.436. The molecule has 0 aromatic rings. The summed E-state index contributed by atoms with van der Waals surface area (Å²) in [6.45, 7) is 2.27. The molecule has 12 heavy (non-hydrogen) atoms. The van der Waals surface area contributed by atoms with Crippen molar-refractivity contribution < 1.29 is 0 Å². The summed E-state index contributed by atoms with van der Waals surface area (Å²) >= 11 is 0. The van der Waals surface area contributed by atoms with Crippen LogP contribution >= 0.6 is 0 Å². The number of rotatable bonds is 9. The van der Waals surface area contributed by atoms with Gasteiger partial charge in [-0.05, 0) is 0 Å². The third-order valence-electron chi connectivity index (χ3n) is 2.31. The van der Waals surface area contributed by atoms with Crippen LogP contribution < -0.4 is 5.40 Å². The zero-order chi connectivity index (χ0) is 9.07. The van der Waals surface area contributed by atoms with Gasteiger partial charge in [-0.3, -0.25) is 0 Å². The van der Waals surface area contributed by atoms with Crippen LogP contribution in [0.2, 0.25) is 6.04 Å². The molecule has 0 heterocycles. The van der Waals surface area contributed by atoms with E-state index in [-0.39, 0.29) is 9.68 Å². The summed E-state index contributed by atoms with van der Waals surface area (Å²) in [5, 5.41) is 5.55. The second kappa shape index (κ2) is 11.2. The van der Waals surface area contributed by atoms with Crippen LogP contribution in [0.1, 0.15) is 58.3 Å². The maximum Gasteiger partial charge on any atom is 0.0887 e. The highest BCUT2D eigenvalue weighted by Gasteiger charge is 1.90. The SMILES string of the molecule is CCCCCCCCCC[SiH2]N. The second-order valence-corrected chi connectivity index (χ2v) is 4.90. The minimum atomic E-state index is -0.134. The molecule has 0 saturated heterocycles. The molecule has 1 nitrogen and oxygen atoms in total. The maximum atomic E-state index is 5.55. The van der Waals surface area contributed by atoms with Crippen LogP contribution in [0.3, 0.4) is 0 Å². The van der Waals surface area contributed by atoms with Gasteiger partial charge < -0.3 is 5.40 Å². The van der Waals surface area contributed by atoms with Crippen molar-refractivity contribution in [1.29, 1.82) is 0 Å². The van der Waals surface area contributed by atoms with Gasteiger partial charge in [0, 0.05) is 0 Å². The third kappa shape index (κ3) is 10.2. The molecule has 0 aromatic heterocycles. The highest BCUT2D eigenvalue weighted by molar-refractivity contribution is 6.30. The molecule has 0 saturated carbocycles. The first-order valence-electron chi connectivity index (χ1n) is 5.62. The number of nitrogens with two attached hydrogens (primary N) is 1. The molecule has 0 aromatic carbocycles. The summed E-state index contributed by atoms with van der Waals surface area (Å²) in [4.78, 5) is 0. The fraction of sp³-hybridized carbons (Fsp3) is 1.00. The van der Waals surface area contributed by atoms with Crippen LogP contribution in [0.5, 0.6) is 0 Å². The Balaban J connectivity index is 2.73. The molecule has 0 aliphatic rings. The Morgan fingerprint density at radius 3 is 1.83 bits per heavy atom. The molecule has 0 fully saturated rings. The van der Waals surface area contributed by atoms with Crippen molar-refractivity contribution in [2.45, 2.75) is 64.3 Å². The van der Waals surface area contributed by atoms with Crippen LogP contribution in [0, 0.1) is 0 Å². The van der Waals surface area contributed by atoms with Crippen molar-refractivity contribution in [1.82, 2.24) is 0 Å². The molecule has 2 heteroatoms. The zero-order valence-corrected chi connectivity index (χ0v) is 10.1. The molecule has 0 radical (unpaired) electrons. The lowest BCUT2D eigenvalue weighted by atomic mass is 10.1. The first-order valence-corrected chi connectivity index (χ1v) is 7.43. The molecule has 0 bridgehead atoms. The smallest absolute Gasteiger partial charge is 0.0887 e. The fourth-order valence-corrected chi connectivity index (χ4v) is 2.10. The topological polar surface area (TPSA) is 26.0 Å². The van der Waals surface area contributed by atoms with E-state index in [0.29, 0.717) is 0 Å². The van der Waals surface area contributed by atoms with E-state index in [1.807, 2.05) is 0 Å². The molecular formula is C10H25NSi. The van der Waals surface area contributed by atoms with Gasteiger partial charge in [0.05, 0.1) is 9.68 Å². The molecule has 2 N–H and O–H groups in total. The average molecular weight is 187 g/mol. The van der Waals surface area contributed by atoms with Crippen molar-refractivity contribution in [3.63, 3.8) is 0 Å². The van der Waals surface area contributed by atoms with Gasteiger partial charge >= 0.3 is 0 Å². The Bertz CT molecular complexity index is 66.2. The summed E-state index contributed by atoms with van der Waals surface area (Å²) in [7, 11) is -0.134. The van der Waals surface area contributed by atoms with Crippen molar-refractivity contribution in [2.75, 3.05) is 0 Å². The largest absolute Gasteiger partial charge is 0.356 e. The molecule has 0 atom stereocenters. The van der Waals surface area contributed by atoms with Gasteiger partial charge in [-0.1, -0.05) is 64.3 Å². The van der Waals surface area contributed by atoms with Crippen molar-refractivity contribution >= 4 is 9.68 Å². The van der Waals surface area contributed by atoms with Crippen LogP contribution in [-0.4, -0.2) is 9.68 Å². The Morgan fingerprint density at radius 1 is 0.833 bits per heavy atom. The van der Waals surface area contributed by atoms with Crippen LogP contribution in [0.15, 0.2) is 0 Å². The Morgan fingerprint density at radius 2 is 1.33 bits per heavy atom. The van der Waals surface area contributed by atoms with Crippen molar-refractivity contribution in [2.24, 2.45) is 5.40 Å². The summed E-state index contributed by atoms with van der Waals surface area (Å²) in [6.07, 6.45) is 11.4. The Hall–Kier alpha value is 0.177. The molecule has 0 rings (SSSR count). The molecule has 0 amide bonds. The van der Waals surface area contributed by atoms with Crippen LogP contribution in [0.25, 0.3) is 0 Å². The highest BCUT2D eigenvalue weighted by atomic mass is 28.2. The first-order chi connectivity index (χ1) is 5.91. The predicted molar refractivity (Wildman–Crippen MR) is 60.1 cm³/mol. The van der Waals surface area contributed by atoms with Gasteiger partial charge in [0.15, 0.2) is 0 Å². The molecule has 0 spiro atoms. The van der Waals surface area contributed by atoms with Crippen LogP contribution in [0.4, 0.5) is 0 Å². The van der Waals surface area contributed by atoms with Gasteiger partial charge in [-0.25, -0.2) is 0 Å². The standard InChI is InChI=1S/C10H25NSi/c1-2-3-4-5-6-7-8-9-10-12-11/h2-12H2,1H3. The predicted octanol–water partition coefficient (Wildman–Crippen LogP) is 2.59. The number of hydrogen-bond donors (Lipinski definition) is 1.